The second kappa shape index (κ2) is 69.1. The standard InChI is InChI=1S/C80H156O17P2/c1-70(2)56-48-40-32-26-20-14-10-9-11-16-23-29-35-44-52-60-77(82)90-66-75(96-79(84)63-55-47-37-31-25-19-18-22-28-34-42-50-58-72(5)6)68-94-98(86,87)92-64-74(81)65-93-99(88,89)95-69-76(67-91-78(83)61-53-45-39-38-43-51-59-73(7)8)97-80(85)62-54-46-36-30-24-17-13-12-15-21-27-33-41-49-57-71(3)4/h70-76,81H,9-69H2,1-8H3,(H,86,87)(H,88,89)/t74?,75-,76-/m1/s1. The summed E-state index contributed by atoms with van der Waals surface area (Å²) in [6, 6.07) is 0. The van der Waals surface area contributed by atoms with Crippen LogP contribution in [0, 0.1) is 23.7 Å². The van der Waals surface area contributed by atoms with Crippen LogP contribution in [0.25, 0.3) is 0 Å². The minimum absolute atomic E-state index is 0.106. The van der Waals surface area contributed by atoms with Crippen LogP contribution in [0.5, 0.6) is 0 Å². The van der Waals surface area contributed by atoms with Crippen molar-refractivity contribution in [2.24, 2.45) is 23.7 Å². The molecule has 0 aliphatic rings. The first kappa shape index (κ1) is 97.1. The number of unbranched alkanes of at least 4 members (excludes halogenated alkanes) is 43. The maximum absolute atomic E-state index is 13.1. The molecule has 17 nitrogen and oxygen atoms in total. The van der Waals surface area contributed by atoms with Gasteiger partial charge in [-0.15, -0.1) is 0 Å². The van der Waals surface area contributed by atoms with Crippen molar-refractivity contribution in [2.75, 3.05) is 39.6 Å². The van der Waals surface area contributed by atoms with E-state index in [0.717, 1.165) is 114 Å². The first-order valence-electron chi connectivity index (χ1n) is 41.2. The van der Waals surface area contributed by atoms with Gasteiger partial charge in [-0.1, -0.05) is 357 Å². The van der Waals surface area contributed by atoms with Gasteiger partial charge in [-0.3, -0.25) is 37.3 Å². The summed E-state index contributed by atoms with van der Waals surface area (Å²) in [6.07, 6.45) is 55.6. The highest BCUT2D eigenvalue weighted by atomic mass is 31.2. The lowest BCUT2D eigenvalue weighted by atomic mass is 10.0. The van der Waals surface area contributed by atoms with E-state index < -0.39 is 97.5 Å². The van der Waals surface area contributed by atoms with Crippen molar-refractivity contribution in [1.82, 2.24) is 0 Å². The van der Waals surface area contributed by atoms with Crippen molar-refractivity contribution < 1.29 is 80.2 Å². The Balaban J connectivity index is 5.22. The quantitative estimate of drug-likeness (QED) is 0.0222. The van der Waals surface area contributed by atoms with Crippen LogP contribution < -0.4 is 0 Å². The lowest BCUT2D eigenvalue weighted by molar-refractivity contribution is -0.161. The summed E-state index contributed by atoms with van der Waals surface area (Å²) in [6.45, 7) is 14.2. The average molecular weight is 1450 g/mol. The Kier molecular flexibility index (Phi) is 67.8. The van der Waals surface area contributed by atoms with E-state index in [-0.39, 0.29) is 25.7 Å². The molecule has 0 spiro atoms. The highest BCUT2D eigenvalue weighted by Crippen LogP contribution is 2.45. The summed E-state index contributed by atoms with van der Waals surface area (Å²) in [5.74, 6) is 0.941. The SMILES string of the molecule is CC(C)CCCCCCCCCCCCCCCCCC(=O)OC[C@H](COP(=O)(O)OCC(O)COP(=O)(O)OC[C@@H](COC(=O)CCCCCCCCC(C)C)OC(=O)CCCCCCCCCCCCCCCCC(C)C)OC(=O)CCCCCCCCCCCCCCC(C)C. The average Bonchev–Trinajstić information content (AvgIpc) is 0.992. The molecule has 0 aliphatic carbocycles. The molecule has 0 bridgehead atoms. The maximum atomic E-state index is 13.1. The zero-order chi connectivity index (χ0) is 73.1. The normalized spacial score (nSPS) is 14.1. The number of rotatable bonds is 77. The molecule has 0 aliphatic heterocycles. The van der Waals surface area contributed by atoms with Gasteiger partial charge in [0.25, 0.3) is 0 Å². The van der Waals surface area contributed by atoms with E-state index in [1.165, 1.54) is 205 Å². The lowest BCUT2D eigenvalue weighted by Gasteiger charge is -2.21. The number of phosphoric acid groups is 2. The van der Waals surface area contributed by atoms with Crippen molar-refractivity contribution in [3.05, 3.63) is 0 Å². The van der Waals surface area contributed by atoms with Crippen LogP contribution in [0.3, 0.4) is 0 Å². The van der Waals surface area contributed by atoms with Gasteiger partial charge in [0.05, 0.1) is 26.4 Å². The maximum Gasteiger partial charge on any atom is 0.472 e. The number of aliphatic hydroxyl groups is 1. The summed E-state index contributed by atoms with van der Waals surface area (Å²) in [4.78, 5) is 73.0. The molecule has 0 aromatic rings. The summed E-state index contributed by atoms with van der Waals surface area (Å²) < 4.78 is 68.7. The van der Waals surface area contributed by atoms with Crippen molar-refractivity contribution in [3.8, 4) is 0 Å². The Hall–Kier alpha value is -1.94. The smallest absolute Gasteiger partial charge is 0.462 e. The summed E-state index contributed by atoms with van der Waals surface area (Å²) in [5.41, 5.74) is 0. The molecule has 0 fully saturated rings. The van der Waals surface area contributed by atoms with E-state index in [1.807, 2.05) is 0 Å². The predicted molar refractivity (Wildman–Crippen MR) is 404 cm³/mol. The molecule has 0 amide bonds. The van der Waals surface area contributed by atoms with Crippen molar-refractivity contribution in [1.29, 1.82) is 0 Å². The Bertz CT molecular complexity index is 1940. The molecule has 588 valence electrons. The fourth-order valence-electron chi connectivity index (χ4n) is 12.3. The van der Waals surface area contributed by atoms with Crippen molar-refractivity contribution >= 4 is 39.5 Å². The van der Waals surface area contributed by atoms with E-state index in [4.69, 9.17) is 37.0 Å². The Morgan fingerprint density at radius 3 is 0.626 bits per heavy atom. The minimum Gasteiger partial charge on any atom is -0.462 e. The first-order chi connectivity index (χ1) is 47.6. The van der Waals surface area contributed by atoms with Gasteiger partial charge in [0.1, 0.15) is 19.3 Å². The molecular weight excluding hydrogens is 1290 g/mol. The van der Waals surface area contributed by atoms with Gasteiger partial charge in [-0.25, -0.2) is 9.13 Å². The molecule has 99 heavy (non-hydrogen) atoms. The highest BCUT2D eigenvalue weighted by molar-refractivity contribution is 7.47. The fourth-order valence-corrected chi connectivity index (χ4v) is 13.8. The highest BCUT2D eigenvalue weighted by Gasteiger charge is 2.30. The summed E-state index contributed by atoms with van der Waals surface area (Å²) >= 11 is 0. The van der Waals surface area contributed by atoms with Gasteiger partial charge >= 0.3 is 39.5 Å². The van der Waals surface area contributed by atoms with Gasteiger partial charge in [0.2, 0.25) is 0 Å². The molecule has 0 heterocycles. The summed E-state index contributed by atoms with van der Waals surface area (Å²) in [7, 11) is -9.92. The second-order valence-corrected chi connectivity index (χ2v) is 33.6. The molecule has 19 heteroatoms. The van der Waals surface area contributed by atoms with Crippen LogP contribution in [-0.4, -0.2) is 96.7 Å². The van der Waals surface area contributed by atoms with E-state index in [2.05, 4.69) is 55.4 Å². The number of aliphatic hydroxyl groups excluding tert-OH is 1. The van der Waals surface area contributed by atoms with Gasteiger partial charge < -0.3 is 33.8 Å². The van der Waals surface area contributed by atoms with Crippen LogP contribution in [-0.2, 0) is 65.4 Å². The van der Waals surface area contributed by atoms with Crippen molar-refractivity contribution in [3.63, 3.8) is 0 Å². The van der Waals surface area contributed by atoms with Crippen LogP contribution >= 0.6 is 15.6 Å². The van der Waals surface area contributed by atoms with Crippen molar-refractivity contribution in [2.45, 2.75) is 427 Å². The predicted octanol–water partition coefficient (Wildman–Crippen LogP) is 23.6. The topological polar surface area (TPSA) is 237 Å². The number of esters is 4. The van der Waals surface area contributed by atoms with E-state index in [1.54, 1.807) is 0 Å². The van der Waals surface area contributed by atoms with E-state index in [9.17, 15) is 43.2 Å². The number of ether oxygens (including phenoxy) is 4. The number of phosphoric ester groups is 2. The largest absolute Gasteiger partial charge is 0.472 e. The first-order valence-corrected chi connectivity index (χ1v) is 44.2. The fraction of sp³-hybridized carbons (Fsp3) is 0.950. The molecule has 0 saturated carbocycles. The zero-order valence-corrected chi connectivity index (χ0v) is 66.9. The molecule has 5 atom stereocenters. The lowest BCUT2D eigenvalue weighted by Crippen LogP contribution is -2.30. The Morgan fingerprint density at radius 1 is 0.253 bits per heavy atom. The second-order valence-electron chi connectivity index (χ2n) is 30.7. The van der Waals surface area contributed by atoms with Gasteiger partial charge in [-0.05, 0) is 49.4 Å². The molecule has 3 N–H and O–H groups in total. The third-order valence-electron chi connectivity index (χ3n) is 18.6. The number of carbonyl (C=O) groups excluding carboxylic acids is 4. The third-order valence-corrected chi connectivity index (χ3v) is 20.5. The van der Waals surface area contributed by atoms with Crippen LogP contribution in [0.15, 0.2) is 0 Å². The van der Waals surface area contributed by atoms with Gasteiger partial charge in [-0.2, -0.15) is 0 Å². The number of hydrogen-bond donors (Lipinski definition) is 3. The molecule has 0 rings (SSSR count). The molecule has 3 unspecified atom stereocenters. The monoisotopic (exact) mass is 1450 g/mol. The number of hydrogen-bond acceptors (Lipinski definition) is 15. The Morgan fingerprint density at radius 2 is 0.424 bits per heavy atom. The van der Waals surface area contributed by atoms with Crippen LogP contribution in [0.2, 0.25) is 0 Å². The molecule has 0 aromatic carbocycles. The summed E-state index contributed by atoms with van der Waals surface area (Å²) in [5, 5.41) is 10.6. The van der Waals surface area contributed by atoms with Gasteiger partial charge in [0.15, 0.2) is 12.2 Å². The Labute approximate surface area is 607 Å². The number of carbonyl (C=O) groups is 4. The third kappa shape index (κ3) is 74.1. The van der Waals surface area contributed by atoms with E-state index >= 15 is 0 Å². The zero-order valence-electron chi connectivity index (χ0n) is 65.1. The van der Waals surface area contributed by atoms with Gasteiger partial charge in [0, 0.05) is 25.7 Å². The minimum atomic E-state index is -4.96. The van der Waals surface area contributed by atoms with Crippen LogP contribution in [0.1, 0.15) is 409 Å². The molecule has 0 aromatic heterocycles. The van der Waals surface area contributed by atoms with E-state index in [0.29, 0.717) is 31.6 Å². The molecular formula is C80H156O17P2. The van der Waals surface area contributed by atoms with Crippen LogP contribution in [0.4, 0.5) is 0 Å². The molecule has 0 saturated heterocycles. The molecule has 0 radical (unpaired) electrons.